The van der Waals surface area contributed by atoms with Crippen LogP contribution in [0.1, 0.15) is 12.8 Å². The largest absolute Gasteiger partial charge is 0.480 e. The Balaban J connectivity index is 2.72. The van der Waals surface area contributed by atoms with E-state index in [1.54, 1.807) is 0 Å². The first kappa shape index (κ1) is 16.4. The van der Waals surface area contributed by atoms with Crippen molar-refractivity contribution in [3.8, 4) is 0 Å². The molecule has 1 rings (SSSR count). The average molecular weight is 301 g/mol. The van der Waals surface area contributed by atoms with Gasteiger partial charge in [-0.2, -0.15) is 0 Å². The predicted molar refractivity (Wildman–Crippen MR) is 66.2 cm³/mol. The number of carbonyl (C=O) groups excluding carboxylic acids is 3. The molecule has 1 unspecified atom stereocenters. The van der Waals surface area contributed by atoms with Crippen LogP contribution < -0.4 is 5.32 Å². The standard InChI is InChI=1S/C11H15N3O7/c1-13-7(15)3-2-6(10(13)20)12-11(21)14(4-8(16)17)5-9(18)19/h6H,2-5H2,1H3,(H,12,21)(H,16,17)(H,18,19). The van der Waals surface area contributed by atoms with Crippen molar-refractivity contribution < 1.29 is 34.2 Å². The second kappa shape index (κ2) is 6.68. The number of hydrogen-bond acceptors (Lipinski definition) is 5. The van der Waals surface area contributed by atoms with E-state index in [2.05, 4.69) is 5.32 Å². The molecule has 0 spiro atoms. The van der Waals surface area contributed by atoms with Crippen LogP contribution in [0.2, 0.25) is 0 Å². The fourth-order valence-corrected chi connectivity index (χ4v) is 1.82. The second-order valence-corrected chi connectivity index (χ2v) is 4.48. The number of likely N-dealkylation sites (tertiary alicyclic amines) is 1. The molecule has 0 saturated carbocycles. The van der Waals surface area contributed by atoms with Crippen molar-refractivity contribution in [2.24, 2.45) is 0 Å². The van der Waals surface area contributed by atoms with Gasteiger partial charge in [0.05, 0.1) is 0 Å². The fraction of sp³-hybridized carbons (Fsp3) is 0.545. The third kappa shape index (κ3) is 4.44. The smallest absolute Gasteiger partial charge is 0.323 e. The Hall–Kier alpha value is -2.65. The van der Waals surface area contributed by atoms with E-state index in [4.69, 9.17) is 10.2 Å². The number of likely N-dealkylation sites (N-methyl/N-ethyl adjacent to an activating group) is 1. The van der Waals surface area contributed by atoms with E-state index in [0.29, 0.717) is 4.90 Å². The molecule has 1 heterocycles. The van der Waals surface area contributed by atoms with Crippen LogP contribution in [0.3, 0.4) is 0 Å². The van der Waals surface area contributed by atoms with Crippen molar-refractivity contribution in [3.63, 3.8) is 0 Å². The van der Waals surface area contributed by atoms with Gasteiger partial charge in [0.1, 0.15) is 19.1 Å². The number of urea groups is 1. The van der Waals surface area contributed by atoms with Gasteiger partial charge in [-0.1, -0.05) is 0 Å². The maximum Gasteiger partial charge on any atom is 0.323 e. The highest BCUT2D eigenvalue weighted by atomic mass is 16.4. The Morgan fingerprint density at radius 2 is 1.76 bits per heavy atom. The topological polar surface area (TPSA) is 144 Å². The van der Waals surface area contributed by atoms with Crippen LogP contribution in [-0.2, 0) is 19.2 Å². The van der Waals surface area contributed by atoms with Crippen LogP contribution in [0.5, 0.6) is 0 Å². The molecule has 1 fully saturated rings. The van der Waals surface area contributed by atoms with Crippen LogP contribution in [0.15, 0.2) is 0 Å². The lowest BCUT2D eigenvalue weighted by atomic mass is 10.1. The Bertz CT molecular complexity index is 474. The van der Waals surface area contributed by atoms with E-state index in [-0.39, 0.29) is 18.7 Å². The minimum absolute atomic E-state index is 0.0606. The number of amides is 4. The number of carbonyl (C=O) groups is 5. The zero-order valence-corrected chi connectivity index (χ0v) is 11.2. The summed E-state index contributed by atoms with van der Waals surface area (Å²) in [7, 11) is 1.27. The molecule has 1 saturated heterocycles. The molecule has 10 nitrogen and oxygen atoms in total. The number of nitrogens with zero attached hydrogens (tertiary/aromatic N) is 2. The van der Waals surface area contributed by atoms with Crippen LogP contribution in [-0.4, -0.2) is 76.0 Å². The molecule has 0 aliphatic carbocycles. The summed E-state index contributed by atoms with van der Waals surface area (Å²) in [5, 5.41) is 19.5. The van der Waals surface area contributed by atoms with E-state index in [1.165, 1.54) is 7.05 Å². The van der Waals surface area contributed by atoms with Gasteiger partial charge in [0.2, 0.25) is 5.91 Å². The number of aliphatic carboxylic acids is 2. The zero-order valence-electron chi connectivity index (χ0n) is 11.2. The third-order valence-electron chi connectivity index (χ3n) is 2.89. The van der Waals surface area contributed by atoms with Gasteiger partial charge in [-0.25, -0.2) is 4.79 Å². The summed E-state index contributed by atoms with van der Waals surface area (Å²) < 4.78 is 0. The fourth-order valence-electron chi connectivity index (χ4n) is 1.82. The average Bonchev–Trinajstić information content (AvgIpc) is 2.37. The van der Waals surface area contributed by atoms with Gasteiger partial charge >= 0.3 is 18.0 Å². The number of carboxylic acids is 2. The van der Waals surface area contributed by atoms with Gasteiger partial charge in [-0.05, 0) is 6.42 Å². The van der Waals surface area contributed by atoms with Crippen LogP contribution in [0, 0.1) is 0 Å². The Morgan fingerprint density at radius 1 is 1.24 bits per heavy atom. The van der Waals surface area contributed by atoms with E-state index in [1.807, 2.05) is 0 Å². The molecule has 0 aromatic rings. The Morgan fingerprint density at radius 3 is 2.24 bits per heavy atom. The highest BCUT2D eigenvalue weighted by Gasteiger charge is 2.34. The molecule has 4 amide bonds. The summed E-state index contributed by atoms with van der Waals surface area (Å²) >= 11 is 0. The number of imide groups is 1. The number of hydrogen-bond donors (Lipinski definition) is 3. The van der Waals surface area contributed by atoms with Crippen molar-refractivity contribution in [1.82, 2.24) is 15.1 Å². The van der Waals surface area contributed by atoms with E-state index in [0.717, 1.165) is 4.90 Å². The monoisotopic (exact) mass is 301 g/mol. The highest BCUT2D eigenvalue weighted by molar-refractivity contribution is 6.01. The van der Waals surface area contributed by atoms with Gasteiger partial charge in [0.25, 0.3) is 5.91 Å². The molecule has 3 N–H and O–H groups in total. The first-order chi connectivity index (χ1) is 9.72. The lowest BCUT2D eigenvalue weighted by Crippen LogP contribution is -2.56. The minimum Gasteiger partial charge on any atom is -0.480 e. The van der Waals surface area contributed by atoms with Crippen LogP contribution >= 0.6 is 0 Å². The van der Waals surface area contributed by atoms with Gasteiger partial charge in [-0.15, -0.1) is 0 Å². The molecular weight excluding hydrogens is 286 g/mol. The summed E-state index contributed by atoms with van der Waals surface area (Å²) in [6.07, 6.45) is 0.146. The van der Waals surface area contributed by atoms with Crippen LogP contribution in [0.25, 0.3) is 0 Å². The van der Waals surface area contributed by atoms with Crippen molar-refractivity contribution in [2.45, 2.75) is 18.9 Å². The lowest BCUT2D eigenvalue weighted by Gasteiger charge is -2.29. The Kier molecular flexibility index (Phi) is 5.22. The number of rotatable bonds is 5. The van der Waals surface area contributed by atoms with E-state index < -0.39 is 43.0 Å². The van der Waals surface area contributed by atoms with E-state index in [9.17, 15) is 24.0 Å². The number of nitrogens with one attached hydrogen (secondary N) is 1. The summed E-state index contributed by atoms with van der Waals surface area (Å²) in [6.45, 7) is -1.62. The minimum atomic E-state index is -1.38. The first-order valence-corrected chi connectivity index (χ1v) is 6.01. The molecule has 1 aliphatic heterocycles. The molecule has 1 aliphatic rings. The molecule has 0 aromatic carbocycles. The van der Waals surface area contributed by atoms with E-state index >= 15 is 0 Å². The zero-order chi connectivity index (χ0) is 16.2. The normalized spacial score (nSPS) is 18.3. The molecule has 0 radical (unpaired) electrons. The number of piperidine rings is 1. The molecular formula is C11H15N3O7. The van der Waals surface area contributed by atoms with Crippen molar-refractivity contribution in [1.29, 1.82) is 0 Å². The predicted octanol–water partition coefficient (Wildman–Crippen LogP) is -1.69. The highest BCUT2D eigenvalue weighted by Crippen LogP contribution is 2.11. The summed E-state index contributed by atoms with van der Waals surface area (Å²) in [5.41, 5.74) is 0. The quantitative estimate of drug-likeness (QED) is 0.514. The SMILES string of the molecule is CN1C(=O)CCC(NC(=O)N(CC(=O)O)CC(=O)O)C1=O. The maximum atomic E-state index is 11.8. The Labute approximate surface area is 119 Å². The summed E-state index contributed by atoms with van der Waals surface area (Å²) in [5.74, 6) is -3.76. The van der Waals surface area contributed by atoms with Gasteiger partial charge in [0.15, 0.2) is 0 Å². The lowest BCUT2D eigenvalue weighted by molar-refractivity contribution is -0.147. The molecule has 10 heteroatoms. The van der Waals surface area contributed by atoms with Crippen molar-refractivity contribution in [2.75, 3.05) is 20.1 Å². The molecule has 1 atom stereocenters. The van der Waals surface area contributed by atoms with Gasteiger partial charge in [-0.3, -0.25) is 24.1 Å². The molecule has 0 bridgehead atoms. The van der Waals surface area contributed by atoms with Crippen LogP contribution in [0.4, 0.5) is 4.79 Å². The van der Waals surface area contributed by atoms with Gasteiger partial charge < -0.3 is 20.4 Å². The van der Waals surface area contributed by atoms with Crippen molar-refractivity contribution in [3.05, 3.63) is 0 Å². The molecule has 0 aromatic heterocycles. The molecule has 116 valence electrons. The second-order valence-electron chi connectivity index (χ2n) is 4.48. The molecule has 21 heavy (non-hydrogen) atoms. The summed E-state index contributed by atoms with van der Waals surface area (Å²) in [4.78, 5) is 57.6. The number of carboxylic acid groups (broad SMARTS) is 2. The maximum absolute atomic E-state index is 11.8. The third-order valence-corrected chi connectivity index (χ3v) is 2.89. The van der Waals surface area contributed by atoms with Gasteiger partial charge in [0, 0.05) is 13.5 Å². The first-order valence-electron chi connectivity index (χ1n) is 6.01. The van der Waals surface area contributed by atoms with Crippen molar-refractivity contribution >= 4 is 29.8 Å². The summed E-state index contributed by atoms with van der Waals surface area (Å²) in [6, 6.07) is -1.97.